The van der Waals surface area contributed by atoms with Crippen molar-refractivity contribution in [2.75, 3.05) is 27.8 Å². The van der Waals surface area contributed by atoms with Gasteiger partial charge >= 0.3 is 0 Å². The van der Waals surface area contributed by atoms with Crippen molar-refractivity contribution in [2.45, 2.75) is 25.9 Å². The lowest BCUT2D eigenvalue weighted by molar-refractivity contribution is 0.0468. The van der Waals surface area contributed by atoms with Crippen molar-refractivity contribution in [3.05, 3.63) is 17.7 Å². The summed E-state index contributed by atoms with van der Waals surface area (Å²) in [4.78, 5) is 12.6. The average molecular weight is 378 g/mol. The second kappa shape index (κ2) is 7.13. The number of fused-ring (bicyclic) bond motifs is 2. The number of phenolic OH excluding ortho intramolecular Hbond substituents is 2. The van der Waals surface area contributed by atoms with Crippen LogP contribution in [0.3, 0.4) is 0 Å². The van der Waals surface area contributed by atoms with Crippen molar-refractivity contribution in [1.29, 1.82) is 0 Å². The number of phenols is 2. The van der Waals surface area contributed by atoms with Crippen LogP contribution in [0.15, 0.2) is 12.1 Å². The summed E-state index contributed by atoms with van der Waals surface area (Å²) in [6.07, 6.45) is 0.0712. The summed E-state index contributed by atoms with van der Waals surface area (Å²) in [5, 5.41) is 22.0. The molecule has 8 heteroatoms. The summed E-state index contributed by atoms with van der Waals surface area (Å²) in [7, 11) is 2.93. The number of benzene rings is 2. The van der Waals surface area contributed by atoms with E-state index in [0.717, 1.165) is 0 Å². The smallest absolute Gasteiger partial charge is 0.188 e. The molecule has 3 rings (SSSR count). The topological polar surface area (TPSA) is 104 Å². The summed E-state index contributed by atoms with van der Waals surface area (Å²) in [6.45, 7) is 3.35. The Morgan fingerprint density at radius 2 is 1.74 bits per heavy atom. The number of Topliss-reactive ketones (excluding diaryl/α,β-unsaturated/α-hetero) is 1. The molecule has 8 nitrogen and oxygen atoms in total. The molecule has 2 N–H and O–H groups in total. The van der Waals surface area contributed by atoms with Gasteiger partial charge in [0.05, 0.1) is 11.8 Å². The molecule has 0 spiro atoms. The van der Waals surface area contributed by atoms with Crippen LogP contribution in [0, 0.1) is 0 Å². The molecular formula is C19H22O8. The second-order valence-electron chi connectivity index (χ2n) is 6.81. The first-order chi connectivity index (χ1) is 12.8. The highest BCUT2D eigenvalue weighted by Gasteiger charge is 2.38. The quantitative estimate of drug-likeness (QED) is 0.584. The molecule has 1 aliphatic heterocycles. The minimum atomic E-state index is -0.804. The van der Waals surface area contributed by atoms with Gasteiger partial charge in [-0.15, -0.1) is 0 Å². The predicted octanol–water partition coefficient (Wildman–Crippen LogP) is 2.96. The molecule has 0 aliphatic carbocycles. The van der Waals surface area contributed by atoms with Gasteiger partial charge in [-0.3, -0.25) is 4.79 Å². The Morgan fingerprint density at radius 3 is 2.41 bits per heavy atom. The molecular weight excluding hydrogens is 356 g/mol. The van der Waals surface area contributed by atoms with E-state index in [4.69, 9.17) is 23.7 Å². The Hall–Kier alpha value is -2.71. The zero-order valence-corrected chi connectivity index (χ0v) is 15.6. The number of aromatic hydroxyl groups is 2. The van der Waals surface area contributed by atoms with Gasteiger partial charge in [0.25, 0.3) is 0 Å². The Labute approximate surface area is 156 Å². The third kappa shape index (κ3) is 3.45. The number of ketones is 1. The van der Waals surface area contributed by atoms with E-state index in [2.05, 4.69) is 0 Å². The van der Waals surface area contributed by atoms with E-state index in [0.29, 0.717) is 5.75 Å². The molecule has 0 saturated heterocycles. The van der Waals surface area contributed by atoms with Crippen molar-refractivity contribution in [1.82, 2.24) is 0 Å². The minimum Gasteiger partial charge on any atom is -0.506 e. The molecule has 2 aromatic carbocycles. The Kier molecular flexibility index (Phi) is 5.03. The van der Waals surface area contributed by atoms with Gasteiger partial charge in [-0.05, 0) is 19.9 Å². The number of carbonyl (C=O) groups excluding carboxylic acids is 1. The Bertz CT molecular complexity index is 887. The zero-order valence-electron chi connectivity index (χ0n) is 15.6. The summed E-state index contributed by atoms with van der Waals surface area (Å²) in [5.74, 6) is -0.442. The van der Waals surface area contributed by atoms with Gasteiger partial charge in [0, 0.05) is 25.7 Å². The molecule has 0 atom stereocenters. The normalized spacial score (nSPS) is 15.3. The summed E-state index contributed by atoms with van der Waals surface area (Å²) >= 11 is 0. The molecule has 2 aromatic rings. The molecule has 0 aromatic heterocycles. The van der Waals surface area contributed by atoms with Crippen LogP contribution in [0.2, 0.25) is 0 Å². The van der Waals surface area contributed by atoms with E-state index in [1.807, 2.05) is 0 Å². The Balaban J connectivity index is 2.29. The van der Waals surface area contributed by atoms with E-state index in [9.17, 15) is 15.0 Å². The van der Waals surface area contributed by atoms with Crippen LogP contribution in [-0.2, 0) is 9.47 Å². The fourth-order valence-corrected chi connectivity index (χ4v) is 3.09. The maximum Gasteiger partial charge on any atom is 0.188 e. The third-order valence-corrected chi connectivity index (χ3v) is 4.17. The van der Waals surface area contributed by atoms with Crippen molar-refractivity contribution >= 4 is 16.6 Å². The number of rotatable bonds is 6. The second-order valence-corrected chi connectivity index (χ2v) is 6.81. The van der Waals surface area contributed by atoms with E-state index in [1.165, 1.54) is 26.4 Å². The van der Waals surface area contributed by atoms with Gasteiger partial charge < -0.3 is 33.9 Å². The molecule has 1 heterocycles. The molecule has 0 radical (unpaired) electrons. The lowest BCUT2D eigenvalue weighted by Crippen LogP contribution is -2.36. The van der Waals surface area contributed by atoms with Gasteiger partial charge in [0.2, 0.25) is 0 Å². The largest absolute Gasteiger partial charge is 0.506 e. The van der Waals surface area contributed by atoms with Crippen molar-refractivity contribution in [3.8, 4) is 28.7 Å². The molecule has 0 amide bonds. The van der Waals surface area contributed by atoms with Gasteiger partial charge in [0.1, 0.15) is 28.4 Å². The van der Waals surface area contributed by atoms with Crippen LogP contribution in [-0.4, -0.2) is 49.4 Å². The number of hydrogen-bond acceptors (Lipinski definition) is 8. The zero-order chi connectivity index (χ0) is 19.8. The monoisotopic (exact) mass is 378 g/mol. The molecule has 27 heavy (non-hydrogen) atoms. The SMILES string of the molecule is COCOc1cc(OCOC)c2c(O)c3c(c(O)c2c1)OC(C)(C)CC3=O. The highest BCUT2D eigenvalue weighted by molar-refractivity contribution is 6.12. The number of hydrogen-bond donors (Lipinski definition) is 2. The highest BCUT2D eigenvalue weighted by atomic mass is 16.7. The van der Waals surface area contributed by atoms with Gasteiger partial charge in [-0.25, -0.2) is 0 Å². The minimum absolute atomic E-state index is 0.0189. The lowest BCUT2D eigenvalue weighted by atomic mass is 9.90. The molecule has 0 fully saturated rings. The molecule has 0 saturated carbocycles. The summed E-state index contributed by atoms with van der Waals surface area (Å²) in [5.41, 5.74) is -0.867. The average Bonchev–Trinajstić information content (AvgIpc) is 2.60. The van der Waals surface area contributed by atoms with Crippen LogP contribution in [0.4, 0.5) is 0 Å². The van der Waals surface area contributed by atoms with E-state index < -0.39 is 5.60 Å². The van der Waals surface area contributed by atoms with E-state index in [-0.39, 0.29) is 65.1 Å². The van der Waals surface area contributed by atoms with Crippen LogP contribution in [0.1, 0.15) is 30.6 Å². The van der Waals surface area contributed by atoms with Crippen molar-refractivity contribution < 1.29 is 38.7 Å². The van der Waals surface area contributed by atoms with Crippen LogP contribution in [0.5, 0.6) is 28.7 Å². The van der Waals surface area contributed by atoms with Gasteiger partial charge in [-0.1, -0.05) is 0 Å². The first kappa shape index (κ1) is 19.1. The fourth-order valence-electron chi connectivity index (χ4n) is 3.09. The molecule has 0 unspecified atom stereocenters. The Morgan fingerprint density at radius 1 is 1.07 bits per heavy atom. The first-order valence-corrected chi connectivity index (χ1v) is 8.30. The van der Waals surface area contributed by atoms with E-state index >= 15 is 0 Å². The maximum atomic E-state index is 12.6. The van der Waals surface area contributed by atoms with Crippen molar-refractivity contribution in [3.63, 3.8) is 0 Å². The van der Waals surface area contributed by atoms with Gasteiger partial charge in [0.15, 0.2) is 30.9 Å². The third-order valence-electron chi connectivity index (χ3n) is 4.17. The molecule has 0 bridgehead atoms. The number of methoxy groups -OCH3 is 2. The lowest BCUT2D eigenvalue weighted by Gasteiger charge is -2.32. The number of ether oxygens (including phenoxy) is 5. The number of carbonyl (C=O) groups is 1. The highest BCUT2D eigenvalue weighted by Crippen LogP contribution is 2.52. The molecule has 146 valence electrons. The first-order valence-electron chi connectivity index (χ1n) is 8.30. The summed E-state index contributed by atoms with van der Waals surface area (Å²) < 4.78 is 26.6. The van der Waals surface area contributed by atoms with Crippen molar-refractivity contribution in [2.24, 2.45) is 0 Å². The van der Waals surface area contributed by atoms with Crippen LogP contribution in [0.25, 0.3) is 10.8 Å². The fraction of sp³-hybridized carbons (Fsp3) is 0.421. The summed E-state index contributed by atoms with van der Waals surface area (Å²) in [6, 6.07) is 3.03. The van der Waals surface area contributed by atoms with Gasteiger partial charge in [-0.2, -0.15) is 0 Å². The standard InChI is InChI=1S/C19H22O8/c1-19(2)7-12(20)15-17(22)14-11(16(21)18(15)27-19)5-10(25-8-23-3)6-13(14)26-9-24-4/h5-6,21-22H,7-9H2,1-4H3. The van der Waals surface area contributed by atoms with E-state index in [1.54, 1.807) is 13.8 Å². The van der Waals surface area contributed by atoms with Crippen LogP contribution >= 0.6 is 0 Å². The predicted molar refractivity (Wildman–Crippen MR) is 95.9 cm³/mol. The van der Waals surface area contributed by atoms with Crippen LogP contribution < -0.4 is 14.2 Å². The molecule has 1 aliphatic rings. The maximum absolute atomic E-state index is 12.6.